The van der Waals surface area contributed by atoms with E-state index in [4.69, 9.17) is 11.6 Å². The maximum absolute atomic E-state index is 13.2. The molecule has 1 aromatic heterocycles. The van der Waals surface area contributed by atoms with Gasteiger partial charge in [0.15, 0.2) is 0 Å². The molecule has 33 heavy (non-hydrogen) atoms. The molecule has 0 fully saturated rings. The van der Waals surface area contributed by atoms with E-state index in [9.17, 15) is 14.0 Å². The Hall–Kier alpha value is -3.97. The van der Waals surface area contributed by atoms with Crippen molar-refractivity contribution >= 4 is 34.8 Å². The van der Waals surface area contributed by atoms with Crippen LogP contribution in [0, 0.1) is 12.7 Å². The molecule has 0 aliphatic carbocycles. The Kier molecular flexibility index (Phi) is 6.51. The molecule has 0 saturated carbocycles. The van der Waals surface area contributed by atoms with Gasteiger partial charge in [-0.2, -0.15) is 5.10 Å². The van der Waals surface area contributed by atoms with E-state index in [-0.39, 0.29) is 29.0 Å². The molecule has 0 bridgehead atoms. The molecular weight excluding hydrogens is 443 g/mol. The quantitative estimate of drug-likeness (QED) is 0.395. The maximum atomic E-state index is 13.2. The normalized spacial score (nSPS) is 10.6. The van der Waals surface area contributed by atoms with Crippen LogP contribution in [-0.4, -0.2) is 21.6 Å². The Morgan fingerprint density at radius 3 is 2.09 bits per heavy atom. The fourth-order valence-corrected chi connectivity index (χ4v) is 3.67. The van der Waals surface area contributed by atoms with Crippen LogP contribution in [0.5, 0.6) is 0 Å². The van der Waals surface area contributed by atoms with Crippen molar-refractivity contribution in [2.45, 2.75) is 13.5 Å². The molecule has 4 rings (SSSR count). The SMILES string of the molecule is Cc1nn(Cc2ccc(F)cc2)c(Cl)c1C(=O)Nc1ccccc1NC(=O)c1ccccc1. The molecular formula is C25H20ClFN4O2. The van der Waals surface area contributed by atoms with Crippen molar-refractivity contribution in [1.82, 2.24) is 9.78 Å². The van der Waals surface area contributed by atoms with Gasteiger partial charge in [-0.05, 0) is 48.9 Å². The Morgan fingerprint density at radius 1 is 0.879 bits per heavy atom. The predicted molar refractivity (Wildman–Crippen MR) is 126 cm³/mol. The average Bonchev–Trinajstić information content (AvgIpc) is 3.09. The number of carbonyl (C=O) groups is 2. The Balaban J connectivity index is 1.54. The first-order chi connectivity index (χ1) is 15.9. The van der Waals surface area contributed by atoms with Gasteiger partial charge >= 0.3 is 0 Å². The van der Waals surface area contributed by atoms with E-state index < -0.39 is 5.91 Å². The van der Waals surface area contributed by atoms with Gasteiger partial charge in [0.25, 0.3) is 11.8 Å². The number of halogens is 2. The van der Waals surface area contributed by atoms with Crippen molar-refractivity contribution in [2.24, 2.45) is 0 Å². The van der Waals surface area contributed by atoms with Gasteiger partial charge in [0.1, 0.15) is 11.0 Å². The fourth-order valence-electron chi connectivity index (χ4n) is 3.35. The monoisotopic (exact) mass is 462 g/mol. The minimum atomic E-state index is -0.454. The number of anilines is 2. The van der Waals surface area contributed by atoms with Crippen molar-refractivity contribution in [3.05, 3.63) is 112 Å². The van der Waals surface area contributed by atoms with E-state index >= 15 is 0 Å². The van der Waals surface area contributed by atoms with Gasteiger partial charge in [-0.3, -0.25) is 9.59 Å². The molecule has 0 unspecified atom stereocenters. The summed E-state index contributed by atoms with van der Waals surface area (Å²) in [4.78, 5) is 25.6. The zero-order valence-electron chi connectivity index (χ0n) is 17.7. The summed E-state index contributed by atoms with van der Waals surface area (Å²) >= 11 is 6.47. The highest BCUT2D eigenvalue weighted by atomic mass is 35.5. The highest BCUT2D eigenvalue weighted by Gasteiger charge is 2.21. The Labute approximate surface area is 195 Å². The summed E-state index contributed by atoms with van der Waals surface area (Å²) in [5.74, 6) is -1.08. The van der Waals surface area contributed by atoms with Crippen LogP contribution in [0.1, 0.15) is 32.0 Å². The minimum absolute atomic E-state index is 0.167. The number of aromatic nitrogens is 2. The summed E-state index contributed by atoms with van der Waals surface area (Å²) < 4.78 is 14.7. The average molecular weight is 463 g/mol. The lowest BCUT2D eigenvalue weighted by atomic mass is 10.2. The third-order valence-corrected chi connectivity index (χ3v) is 5.38. The molecule has 0 radical (unpaired) electrons. The van der Waals surface area contributed by atoms with Gasteiger partial charge in [0, 0.05) is 5.56 Å². The number of carbonyl (C=O) groups excluding carboxylic acids is 2. The third kappa shape index (κ3) is 5.10. The van der Waals surface area contributed by atoms with Gasteiger partial charge < -0.3 is 10.6 Å². The fraction of sp³-hybridized carbons (Fsp3) is 0.0800. The smallest absolute Gasteiger partial charge is 0.260 e. The lowest BCUT2D eigenvalue weighted by molar-refractivity contribution is 0.101. The van der Waals surface area contributed by atoms with E-state index in [0.717, 1.165) is 5.56 Å². The van der Waals surface area contributed by atoms with Crippen LogP contribution in [0.4, 0.5) is 15.8 Å². The Bertz CT molecular complexity index is 1300. The van der Waals surface area contributed by atoms with E-state index in [1.54, 1.807) is 67.6 Å². The summed E-state index contributed by atoms with van der Waals surface area (Å²) in [6.45, 7) is 1.97. The second-order valence-electron chi connectivity index (χ2n) is 7.36. The van der Waals surface area contributed by atoms with Crippen LogP contribution in [-0.2, 0) is 6.54 Å². The first kappa shape index (κ1) is 22.2. The number of amides is 2. The molecule has 1 heterocycles. The summed E-state index contributed by atoms with van der Waals surface area (Å²) in [5, 5.41) is 10.2. The standard InChI is InChI=1S/C25H20ClFN4O2/c1-16-22(23(26)31(30-16)15-17-11-13-19(27)14-12-17)25(33)29-21-10-6-5-9-20(21)28-24(32)18-7-3-2-4-8-18/h2-14H,15H2,1H3,(H,28,32)(H,29,33). The summed E-state index contributed by atoms with van der Waals surface area (Å²) in [5.41, 5.74) is 2.84. The van der Waals surface area contributed by atoms with Crippen LogP contribution in [0.15, 0.2) is 78.9 Å². The molecule has 6 nitrogen and oxygen atoms in total. The Morgan fingerprint density at radius 2 is 1.45 bits per heavy atom. The number of hydrogen-bond acceptors (Lipinski definition) is 3. The molecule has 3 aromatic carbocycles. The molecule has 0 spiro atoms. The van der Waals surface area contributed by atoms with Crippen molar-refractivity contribution < 1.29 is 14.0 Å². The van der Waals surface area contributed by atoms with Crippen molar-refractivity contribution in [3.63, 3.8) is 0 Å². The van der Waals surface area contributed by atoms with Gasteiger partial charge in [0.2, 0.25) is 0 Å². The number of nitrogens with one attached hydrogen (secondary N) is 2. The molecule has 2 amide bonds. The van der Waals surface area contributed by atoms with Crippen molar-refractivity contribution in [3.8, 4) is 0 Å². The first-order valence-corrected chi connectivity index (χ1v) is 10.5. The highest BCUT2D eigenvalue weighted by Crippen LogP contribution is 2.26. The number of aryl methyl sites for hydroxylation is 1. The van der Waals surface area contributed by atoms with Crippen LogP contribution < -0.4 is 10.6 Å². The molecule has 8 heteroatoms. The van der Waals surface area contributed by atoms with E-state index in [2.05, 4.69) is 15.7 Å². The number of hydrogen-bond donors (Lipinski definition) is 2. The van der Waals surface area contributed by atoms with E-state index in [0.29, 0.717) is 22.6 Å². The number of para-hydroxylation sites is 2. The van der Waals surface area contributed by atoms with Crippen LogP contribution in [0.3, 0.4) is 0 Å². The molecule has 2 N–H and O–H groups in total. The number of nitrogens with zero attached hydrogens (tertiary/aromatic N) is 2. The van der Waals surface area contributed by atoms with Crippen molar-refractivity contribution in [2.75, 3.05) is 10.6 Å². The number of benzene rings is 3. The summed E-state index contributed by atoms with van der Waals surface area (Å²) in [6, 6.07) is 21.7. The third-order valence-electron chi connectivity index (χ3n) is 5.00. The van der Waals surface area contributed by atoms with Crippen LogP contribution in [0.2, 0.25) is 5.15 Å². The molecule has 0 saturated heterocycles. The van der Waals surface area contributed by atoms with E-state index in [1.165, 1.54) is 16.8 Å². The zero-order chi connectivity index (χ0) is 23.4. The molecule has 4 aromatic rings. The summed E-state index contributed by atoms with van der Waals surface area (Å²) in [7, 11) is 0. The largest absolute Gasteiger partial charge is 0.320 e. The topological polar surface area (TPSA) is 76.0 Å². The molecule has 0 atom stereocenters. The van der Waals surface area contributed by atoms with E-state index in [1.807, 2.05) is 6.07 Å². The zero-order valence-corrected chi connectivity index (χ0v) is 18.4. The summed E-state index contributed by atoms with van der Waals surface area (Å²) in [6.07, 6.45) is 0. The van der Waals surface area contributed by atoms with Crippen LogP contribution >= 0.6 is 11.6 Å². The maximum Gasteiger partial charge on any atom is 0.260 e. The van der Waals surface area contributed by atoms with Gasteiger partial charge in [-0.15, -0.1) is 0 Å². The lowest BCUT2D eigenvalue weighted by Gasteiger charge is -2.12. The first-order valence-electron chi connectivity index (χ1n) is 10.2. The predicted octanol–water partition coefficient (Wildman–Crippen LogP) is 5.54. The molecule has 166 valence electrons. The minimum Gasteiger partial charge on any atom is -0.320 e. The number of rotatable bonds is 6. The molecule has 0 aliphatic rings. The van der Waals surface area contributed by atoms with Crippen molar-refractivity contribution in [1.29, 1.82) is 0 Å². The van der Waals surface area contributed by atoms with Gasteiger partial charge in [-0.1, -0.05) is 54.1 Å². The van der Waals surface area contributed by atoms with Gasteiger partial charge in [0.05, 0.1) is 29.2 Å². The van der Waals surface area contributed by atoms with Gasteiger partial charge in [-0.25, -0.2) is 9.07 Å². The molecule has 0 aliphatic heterocycles. The highest BCUT2D eigenvalue weighted by molar-refractivity contribution is 6.33. The van der Waals surface area contributed by atoms with Crippen LogP contribution in [0.25, 0.3) is 0 Å². The second-order valence-corrected chi connectivity index (χ2v) is 7.71. The lowest BCUT2D eigenvalue weighted by Crippen LogP contribution is -2.17. The second kappa shape index (κ2) is 9.67.